The smallest absolute Gasteiger partial charge is 0.194 e. The number of aliphatic hydroxyl groups excluding tert-OH is 3. The van der Waals surface area contributed by atoms with Gasteiger partial charge in [-0.1, -0.05) is 84.0 Å². The third-order valence-corrected chi connectivity index (χ3v) is 5.32. The van der Waals surface area contributed by atoms with Crippen molar-refractivity contribution in [3.05, 3.63) is 0 Å². The molecule has 1 fully saturated rings. The minimum Gasteiger partial charge on any atom is -0.388 e. The molecule has 0 aromatic rings. The lowest BCUT2D eigenvalue weighted by atomic mass is 9.92. The molecule has 5 heteroatoms. The molecule has 0 amide bonds. The zero-order valence-corrected chi connectivity index (χ0v) is 16.0. The minimum absolute atomic E-state index is 0.146. The predicted molar refractivity (Wildman–Crippen MR) is 99.2 cm³/mol. The molecule has 25 heavy (non-hydrogen) atoms. The highest BCUT2D eigenvalue weighted by Gasteiger charge is 2.47. The standard InChI is InChI=1S/C20H40O5/c1-2-3-4-5-6-7-8-9-10-11-12-13-14-15-20(24)19(23)18(22)17(21)16-25-20/h17-19,21-24H,2-16H2,1H3/t17-,18+,19-,20-/m1/s1. The highest BCUT2D eigenvalue weighted by molar-refractivity contribution is 4.91. The lowest BCUT2D eigenvalue weighted by Gasteiger charge is -2.41. The molecule has 0 aromatic heterocycles. The summed E-state index contributed by atoms with van der Waals surface area (Å²) in [4.78, 5) is 0. The van der Waals surface area contributed by atoms with Gasteiger partial charge in [-0.15, -0.1) is 0 Å². The van der Waals surface area contributed by atoms with Gasteiger partial charge in [0, 0.05) is 6.42 Å². The van der Waals surface area contributed by atoms with Crippen molar-refractivity contribution < 1.29 is 25.2 Å². The van der Waals surface area contributed by atoms with Crippen molar-refractivity contribution >= 4 is 0 Å². The Morgan fingerprint density at radius 1 is 0.760 bits per heavy atom. The van der Waals surface area contributed by atoms with Crippen molar-refractivity contribution in [2.24, 2.45) is 0 Å². The van der Waals surface area contributed by atoms with Crippen LogP contribution in [0.4, 0.5) is 0 Å². The molecule has 1 heterocycles. The summed E-state index contributed by atoms with van der Waals surface area (Å²) in [6, 6.07) is 0. The normalized spacial score (nSPS) is 29.9. The van der Waals surface area contributed by atoms with Crippen LogP contribution in [-0.4, -0.2) is 51.1 Å². The minimum atomic E-state index is -1.73. The number of hydrogen-bond donors (Lipinski definition) is 4. The molecule has 0 saturated carbocycles. The Bertz CT molecular complexity index is 325. The van der Waals surface area contributed by atoms with Gasteiger partial charge >= 0.3 is 0 Å². The maximum atomic E-state index is 10.3. The highest BCUT2D eigenvalue weighted by Crippen LogP contribution is 2.29. The van der Waals surface area contributed by atoms with Gasteiger partial charge in [0.2, 0.25) is 0 Å². The molecule has 4 atom stereocenters. The van der Waals surface area contributed by atoms with Crippen molar-refractivity contribution in [2.75, 3.05) is 6.61 Å². The Morgan fingerprint density at radius 3 is 1.68 bits per heavy atom. The second-order valence-electron chi connectivity index (χ2n) is 7.65. The maximum Gasteiger partial charge on any atom is 0.194 e. The van der Waals surface area contributed by atoms with Gasteiger partial charge in [-0.2, -0.15) is 0 Å². The topological polar surface area (TPSA) is 90.2 Å². The molecular formula is C20H40O5. The molecule has 0 bridgehead atoms. The van der Waals surface area contributed by atoms with E-state index in [0.717, 1.165) is 19.3 Å². The summed E-state index contributed by atoms with van der Waals surface area (Å²) in [6.45, 7) is 2.10. The molecule has 0 spiro atoms. The third kappa shape index (κ3) is 8.83. The predicted octanol–water partition coefficient (Wildman–Crippen LogP) is 3.27. The number of rotatable bonds is 14. The molecule has 1 saturated heterocycles. The van der Waals surface area contributed by atoms with E-state index in [2.05, 4.69) is 6.92 Å². The van der Waals surface area contributed by atoms with E-state index in [9.17, 15) is 20.4 Å². The third-order valence-electron chi connectivity index (χ3n) is 5.32. The Balaban J connectivity index is 1.93. The van der Waals surface area contributed by atoms with E-state index < -0.39 is 24.1 Å². The highest BCUT2D eigenvalue weighted by atomic mass is 16.6. The fourth-order valence-electron chi connectivity index (χ4n) is 3.51. The second kappa shape index (κ2) is 13.0. The van der Waals surface area contributed by atoms with Crippen LogP contribution in [0, 0.1) is 0 Å². The largest absolute Gasteiger partial charge is 0.388 e. The first-order chi connectivity index (χ1) is 12.0. The van der Waals surface area contributed by atoms with Crippen LogP contribution < -0.4 is 0 Å². The zero-order valence-electron chi connectivity index (χ0n) is 16.0. The van der Waals surface area contributed by atoms with Gasteiger partial charge < -0.3 is 25.2 Å². The van der Waals surface area contributed by atoms with Crippen LogP contribution in [0.5, 0.6) is 0 Å². The first-order valence-corrected chi connectivity index (χ1v) is 10.4. The SMILES string of the molecule is CCCCCCCCCCCCCCC[C@@]1(O)OC[C@@H](O)[C@H](O)[C@H]1O. The van der Waals surface area contributed by atoms with Crippen LogP contribution >= 0.6 is 0 Å². The van der Waals surface area contributed by atoms with Gasteiger partial charge in [0.25, 0.3) is 0 Å². The van der Waals surface area contributed by atoms with Gasteiger partial charge in [0.15, 0.2) is 5.79 Å². The van der Waals surface area contributed by atoms with Gasteiger partial charge in [-0.3, -0.25) is 0 Å². The quantitative estimate of drug-likeness (QED) is 0.357. The van der Waals surface area contributed by atoms with Crippen molar-refractivity contribution in [3.63, 3.8) is 0 Å². The first-order valence-electron chi connectivity index (χ1n) is 10.4. The van der Waals surface area contributed by atoms with Gasteiger partial charge in [-0.05, 0) is 6.42 Å². The van der Waals surface area contributed by atoms with Gasteiger partial charge in [-0.25, -0.2) is 0 Å². The molecule has 0 aromatic carbocycles. The average molecular weight is 361 g/mol. The van der Waals surface area contributed by atoms with E-state index in [-0.39, 0.29) is 13.0 Å². The number of unbranched alkanes of at least 4 members (excludes halogenated alkanes) is 12. The van der Waals surface area contributed by atoms with E-state index in [1.54, 1.807) is 0 Å². The number of ether oxygens (including phenoxy) is 1. The van der Waals surface area contributed by atoms with Crippen molar-refractivity contribution in [1.82, 2.24) is 0 Å². The molecule has 0 radical (unpaired) electrons. The van der Waals surface area contributed by atoms with Crippen LogP contribution in [0.3, 0.4) is 0 Å². The van der Waals surface area contributed by atoms with Crippen molar-refractivity contribution in [2.45, 2.75) is 121 Å². The fourth-order valence-corrected chi connectivity index (χ4v) is 3.51. The maximum absolute atomic E-state index is 10.3. The molecular weight excluding hydrogens is 320 g/mol. The monoisotopic (exact) mass is 360 g/mol. The van der Waals surface area contributed by atoms with Gasteiger partial charge in [0.05, 0.1) is 6.61 Å². The van der Waals surface area contributed by atoms with E-state index >= 15 is 0 Å². The summed E-state index contributed by atoms with van der Waals surface area (Å²) < 4.78 is 5.16. The van der Waals surface area contributed by atoms with Crippen molar-refractivity contribution in [1.29, 1.82) is 0 Å². The Morgan fingerprint density at radius 2 is 1.20 bits per heavy atom. The van der Waals surface area contributed by atoms with Crippen LogP contribution in [0.2, 0.25) is 0 Å². The number of hydrogen-bond acceptors (Lipinski definition) is 5. The summed E-state index contributed by atoms with van der Waals surface area (Å²) in [5.74, 6) is -1.73. The lowest BCUT2D eigenvalue weighted by molar-refractivity contribution is -0.323. The Hall–Kier alpha value is -0.200. The molecule has 4 N–H and O–H groups in total. The summed E-state index contributed by atoms with van der Waals surface area (Å²) >= 11 is 0. The lowest BCUT2D eigenvalue weighted by Crippen LogP contribution is -2.60. The summed E-state index contributed by atoms with van der Waals surface area (Å²) in [6.07, 6.45) is 12.5. The average Bonchev–Trinajstić information content (AvgIpc) is 2.61. The molecule has 0 aliphatic carbocycles. The molecule has 1 rings (SSSR count). The van der Waals surface area contributed by atoms with Crippen LogP contribution in [0.25, 0.3) is 0 Å². The molecule has 1 aliphatic rings. The van der Waals surface area contributed by atoms with Crippen LogP contribution in [0.15, 0.2) is 0 Å². The first kappa shape index (κ1) is 22.8. The zero-order chi connectivity index (χ0) is 18.5. The summed E-state index contributed by atoms with van der Waals surface area (Å²) in [5, 5.41) is 39.2. The molecule has 5 nitrogen and oxygen atoms in total. The Kier molecular flexibility index (Phi) is 11.9. The fraction of sp³-hybridized carbons (Fsp3) is 1.00. The van der Waals surface area contributed by atoms with E-state index in [0.29, 0.717) is 0 Å². The van der Waals surface area contributed by atoms with E-state index in [1.807, 2.05) is 0 Å². The molecule has 150 valence electrons. The summed E-state index contributed by atoms with van der Waals surface area (Å²) in [7, 11) is 0. The number of aliphatic hydroxyl groups is 4. The van der Waals surface area contributed by atoms with Crippen molar-refractivity contribution in [3.8, 4) is 0 Å². The molecule has 0 unspecified atom stereocenters. The Labute approximate surface area is 153 Å². The van der Waals surface area contributed by atoms with Gasteiger partial charge in [0.1, 0.15) is 18.3 Å². The van der Waals surface area contributed by atoms with E-state index in [4.69, 9.17) is 4.74 Å². The second-order valence-corrected chi connectivity index (χ2v) is 7.65. The van der Waals surface area contributed by atoms with Crippen LogP contribution in [0.1, 0.15) is 96.8 Å². The van der Waals surface area contributed by atoms with E-state index in [1.165, 1.54) is 64.2 Å². The summed E-state index contributed by atoms with van der Waals surface area (Å²) in [5.41, 5.74) is 0. The van der Waals surface area contributed by atoms with Crippen LogP contribution in [-0.2, 0) is 4.74 Å². The molecule has 1 aliphatic heterocycles.